The molecule has 1 atom stereocenters. The summed E-state index contributed by atoms with van der Waals surface area (Å²) in [5, 5.41) is 9.74. The first-order valence-corrected chi connectivity index (χ1v) is 6.85. The Morgan fingerprint density at radius 1 is 1.44 bits per heavy atom. The number of hydrogen-bond donors (Lipinski definition) is 1. The third kappa shape index (κ3) is 3.02. The molecular weight excluding hydrogens is 268 g/mol. The second-order valence-corrected chi connectivity index (χ2v) is 5.95. The minimum atomic E-state index is -0.525. The van der Waals surface area contributed by atoms with Crippen molar-refractivity contribution in [2.24, 2.45) is 0 Å². The van der Waals surface area contributed by atoms with Crippen molar-refractivity contribution in [1.29, 1.82) is 0 Å². The largest absolute Gasteiger partial charge is 0.389 e. The van der Waals surface area contributed by atoms with Gasteiger partial charge >= 0.3 is 0 Å². The Kier molecular flexibility index (Phi) is 4.22. The van der Waals surface area contributed by atoms with E-state index in [0.717, 1.165) is 22.3 Å². The van der Waals surface area contributed by atoms with Crippen LogP contribution in [0.1, 0.15) is 23.5 Å². The summed E-state index contributed by atoms with van der Waals surface area (Å²) in [5.74, 6) is 0.803. The molecule has 2 rings (SSSR count). The standard InChI is InChI=1S/C13H15ClN2OS/c1-9(17)11-4-3-7-15-13(11)16(2)8-10-5-6-12(14)18-10/h3-7,9,17H,8H2,1-2H3/t9-/m1/s1. The topological polar surface area (TPSA) is 36.4 Å². The third-order valence-electron chi connectivity index (χ3n) is 2.65. The molecule has 0 saturated carbocycles. The van der Waals surface area contributed by atoms with Gasteiger partial charge in [0.25, 0.3) is 0 Å². The molecule has 0 saturated heterocycles. The van der Waals surface area contributed by atoms with Crippen molar-refractivity contribution in [1.82, 2.24) is 4.98 Å². The summed E-state index contributed by atoms with van der Waals surface area (Å²) in [5.41, 5.74) is 0.836. The number of aromatic nitrogens is 1. The summed E-state index contributed by atoms with van der Waals surface area (Å²) >= 11 is 7.47. The highest BCUT2D eigenvalue weighted by Gasteiger charge is 2.13. The van der Waals surface area contributed by atoms with E-state index in [9.17, 15) is 5.11 Å². The van der Waals surface area contributed by atoms with Crippen LogP contribution < -0.4 is 4.90 Å². The van der Waals surface area contributed by atoms with Crippen LogP contribution in [0.15, 0.2) is 30.5 Å². The van der Waals surface area contributed by atoms with E-state index in [1.54, 1.807) is 24.5 Å². The quantitative estimate of drug-likeness (QED) is 0.933. The number of rotatable bonds is 4. The Morgan fingerprint density at radius 3 is 2.83 bits per heavy atom. The molecule has 1 N–H and O–H groups in total. The van der Waals surface area contributed by atoms with E-state index in [4.69, 9.17) is 11.6 Å². The maximum absolute atomic E-state index is 9.74. The summed E-state index contributed by atoms with van der Waals surface area (Å²) < 4.78 is 0.787. The van der Waals surface area contributed by atoms with Gasteiger partial charge in [-0.25, -0.2) is 4.98 Å². The van der Waals surface area contributed by atoms with Gasteiger partial charge in [-0.1, -0.05) is 17.7 Å². The fourth-order valence-electron chi connectivity index (χ4n) is 1.80. The SMILES string of the molecule is C[C@@H](O)c1cccnc1N(C)Cc1ccc(Cl)s1. The molecule has 3 nitrogen and oxygen atoms in total. The summed E-state index contributed by atoms with van der Waals surface area (Å²) in [6.07, 6.45) is 1.21. The van der Waals surface area contributed by atoms with Crippen LogP contribution in [0.2, 0.25) is 4.34 Å². The van der Waals surface area contributed by atoms with E-state index in [1.165, 1.54) is 4.88 Å². The van der Waals surface area contributed by atoms with Crippen LogP contribution in [0.3, 0.4) is 0 Å². The fraction of sp³-hybridized carbons (Fsp3) is 0.308. The Morgan fingerprint density at radius 2 is 2.22 bits per heavy atom. The third-order valence-corrected chi connectivity index (χ3v) is 3.87. The molecule has 2 heterocycles. The van der Waals surface area contributed by atoms with Crippen molar-refractivity contribution in [3.8, 4) is 0 Å². The van der Waals surface area contributed by atoms with Crippen LogP contribution in [0.4, 0.5) is 5.82 Å². The zero-order valence-electron chi connectivity index (χ0n) is 10.3. The number of halogens is 1. The molecule has 0 aliphatic carbocycles. The molecule has 2 aromatic rings. The van der Waals surface area contributed by atoms with Crippen LogP contribution in [0.25, 0.3) is 0 Å². The van der Waals surface area contributed by atoms with Crippen LogP contribution in [-0.2, 0) is 6.54 Å². The highest BCUT2D eigenvalue weighted by atomic mass is 35.5. The van der Waals surface area contributed by atoms with Crippen LogP contribution >= 0.6 is 22.9 Å². The van der Waals surface area contributed by atoms with E-state index in [-0.39, 0.29) is 0 Å². The van der Waals surface area contributed by atoms with E-state index in [1.807, 2.05) is 36.2 Å². The molecular formula is C13H15ClN2OS. The molecule has 0 radical (unpaired) electrons. The molecule has 0 aliphatic rings. The number of pyridine rings is 1. The Hall–Kier alpha value is -1.10. The summed E-state index contributed by atoms with van der Waals surface area (Å²) in [4.78, 5) is 7.53. The van der Waals surface area contributed by atoms with Gasteiger partial charge in [-0.2, -0.15) is 0 Å². The smallest absolute Gasteiger partial charge is 0.134 e. The van der Waals surface area contributed by atoms with Gasteiger partial charge in [0.1, 0.15) is 5.82 Å². The number of hydrogen-bond acceptors (Lipinski definition) is 4. The maximum Gasteiger partial charge on any atom is 0.134 e. The first-order valence-electron chi connectivity index (χ1n) is 5.66. The molecule has 2 aromatic heterocycles. The molecule has 0 amide bonds. The average molecular weight is 283 g/mol. The number of aliphatic hydroxyl groups is 1. The number of thiophene rings is 1. The highest BCUT2D eigenvalue weighted by Crippen LogP contribution is 2.27. The normalized spacial score (nSPS) is 12.4. The minimum absolute atomic E-state index is 0.525. The Balaban J connectivity index is 2.20. The van der Waals surface area contributed by atoms with Gasteiger partial charge in [-0.05, 0) is 25.1 Å². The lowest BCUT2D eigenvalue weighted by Crippen LogP contribution is -2.19. The fourth-order valence-corrected chi connectivity index (χ4v) is 2.94. The van der Waals surface area contributed by atoms with Gasteiger partial charge in [-0.15, -0.1) is 11.3 Å². The lowest BCUT2D eigenvalue weighted by atomic mass is 10.1. The van der Waals surface area contributed by atoms with Crippen LogP contribution in [0, 0.1) is 0 Å². The lowest BCUT2D eigenvalue weighted by Gasteiger charge is -2.21. The van der Waals surface area contributed by atoms with Crippen molar-refractivity contribution < 1.29 is 5.11 Å². The molecule has 0 fully saturated rings. The summed E-state index contributed by atoms with van der Waals surface area (Å²) in [6, 6.07) is 7.63. The van der Waals surface area contributed by atoms with Crippen molar-refractivity contribution >= 4 is 28.8 Å². The Bertz CT molecular complexity index is 527. The van der Waals surface area contributed by atoms with Crippen LogP contribution in [-0.4, -0.2) is 17.1 Å². The van der Waals surface area contributed by atoms with Crippen molar-refractivity contribution in [2.75, 3.05) is 11.9 Å². The zero-order valence-corrected chi connectivity index (χ0v) is 11.9. The van der Waals surface area contributed by atoms with E-state index in [0.29, 0.717) is 0 Å². The minimum Gasteiger partial charge on any atom is -0.389 e. The van der Waals surface area contributed by atoms with Gasteiger partial charge < -0.3 is 10.0 Å². The van der Waals surface area contributed by atoms with E-state index in [2.05, 4.69) is 4.98 Å². The molecule has 0 aliphatic heterocycles. The van der Waals surface area contributed by atoms with E-state index >= 15 is 0 Å². The first-order chi connectivity index (χ1) is 8.58. The maximum atomic E-state index is 9.74. The summed E-state index contributed by atoms with van der Waals surface area (Å²) in [7, 11) is 1.96. The van der Waals surface area contributed by atoms with Crippen molar-refractivity contribution in [2.45, 2.75) is 19.6 Å². The second-order valence-electron chi connectivity index (χ2n) is 4.15. The van der Waals surface area contributed by atoms with Crippen LogP contribution in [0.5, 0.6) is 0 Å². The predicted molar refractivity (Wildman–Crippen MR) is 76.3 cm³/mol. The van der Waals surface area contributed by atoms with Crippen molar-refractivity contribution in [3.05, 3.63) is 45.2 Å². The van der Waals surface area contributed by atoms with Gasteiger partial charge in [0.2, 0.25) is 0 Å². The summed E-state index contributed by atoms with van der Waals surface area (Å²) in [6.45, 7) is 2.48. The number of aliphatic hydroxyl groups excluding tert-OH is 1. The molecule has 0 bridgehead atoms. The number of nitrogens with zero attached hydrogens (tertiary/aromatic N) is 2. The molecule has 0 unspecified atom stereocenters. The van der Waals surface area contributed by atoms with Gasteiger partial charge in [0, 0.05) is 23.7 Å². The van der Waals surface area contributed by atoms with Crippen molar-refractivity contribution in [3.63, 3.8) is 0 Å². The highest BCUT2D eigenvalue weighted by molar-refractivity contribution is 7.16. The first kappa shape index (κ1) is 13.3. The van der Waals surface area contributed by atoms with Gasteiger partial charge in [0.05, 0.1) is 17.0 Å². The molecule has 5 heteroatoms. The molecule has 18 heavy (non-hydrogen) atoms. The monoisotopic (exact) mass is 282 g/mol. The van der Waals surface area contributed by atoms with Gasteiger partial charge in [-0.3, -0.25) is 0 Å². The molecule has 0 aromatic carbocycles. The molecule has 96 valence electrons. The Labute approximate surface area is 116 Å². The second kappa shape index (κ2) is 5.69. The van der Waals surface area contributed by atoms with E-state index < -0.39 is 6.10 Å². The predicted octanol–water partition coefficient (Wildman–Crippen LogP) is 3.49. The lowest BCUT2D eigenvalue weighted by molar-refractivity contribution is 0.199. The van der Waals surface area contributed by atoms with Gasteiger partial charge in [0.15, 0.2) is 0 Å². The molecule has 0 spiro atoms. The number of anilines is 1. The zero-order chi connectivity index (χ0) is 13.1. The average Bonchev–Trinajstić information content (AvgIpc) is 2.74.